The molecule has 1 fully saturated rings. The number of carbonyl (C=O) groups is 1. The second kappa shape index (κ2) is 7.88. The van der Waals surface area contributed by atoms with Gasteiger partial charge in [0.25, 0.3) is 5.91 Å². The summed E-state index contributed by atoms with van der Waals surface area (Å²) in [6, 6.07) is 2.90. The van der Waals surface area contributed by atoms with Gasteiger partial charge in [0.1, 0.15) is 0 Å². The number of halogens is 1. The topological polar surface area (TPSA) is 106 Å². The summed E-state index contributed by atoms with van der Waals surface area (Å²) in [7, 11) is 0. The second-order valence-corrected chi connectivity index (χ2v) is 7.34. The first-order valence-electron chi connectivity index (χ1n) is 6.99. The summed E-state index contributed by atoms with van der Waals surface area (Å²) >= 11 is 2.40. The monoisotopic (exact) mass is 389 g/mol. The minimum Gasteiger partial charge on any atom is -0.375 e. The summed E-state index contributed by atoms with van der Waals surface area (Å²) in [5, 5.41) is 11.3. The van der Waals surface area contributed by atoms with E-state index in [1.54, 1.807) is 11.1 Å². The zero-order valence-electron chi connectivity index (χ0n) is 12.6. The highest BCUT2D eigenvalue weighted by molar-refractivity contribution is 7.17. The Labute approximate surface area is 152 Å². The van der Waals surface area contributed by atoms with Crippen molar-refractivity contribution in [1.82, 2.24) is 14.8 Å². The number of nitrogens with two attached hydrogens (primary N) is 1. The van der Waals surface area contributed by atoms with Crippen LogP contribution in [0.15, 0.2) is 18.3 Å². The standard InChI is InChI=1S/C13H15N5O3S2.ClH/c14-13-15-7-9(22-13)8-16-3-5-17(6-4-16)12(19)10-1-2-11(23-10)18(20)21;/h1-2,7H,3-6,8H2,(H2,14,15);1H. The van der Waals surface area contributed by atoms with Crippen LogP contribution in [-0.4, -0.2) is 51.8 Å². The molecule has 0 spiro atoms. The second-order valence-electron chi connectivity index (χ2n) is 5.13. The molecule has 2 N–H and O–H groups in total. The van der Waals surface area contributed by atoms with E-state index in [9.17, 15) is 14.9 Å². The quantitative estimate of drug-likeness (QED) is 0.633. The number of anilines is 1. The van der Waals surface area contributed by atoms with Crippen LogP contribution in [0.25, 0.3) is 0 Å². The Bertz CT molecular complexity index is 727. The van der Waals surface area contributed by atoms with Gasteiger partial charge in [0, 0.05) is 49.9 Å². The van der Waals surface area contributed by atoms with Gasteiger partial charge in [0.15, 0.2) is 5.13 Å². The average Bonchev–Trinajstić information content (AvgIpc) is 3.17. The first-order valence-corrected chi connectivity index (χ1v) is 8.62. The average molecular weight is 390 g/mol. The van der Waals surface area contributed by atoms with Crippen molar-refractivity contribution in [3.8, 4) is 0 Å². The molecule has 3 rings (SSSR count). The van der Waals surface area contributed by atoms with E-state index in [0.717, 1.165) is 35.8 Å². The fraction of sp³-hybridized carbons (Fsp3) is 0.385. The summed E-state index contributed by atoms with van der Waals surface area (Å²) in [4.78, 5) is 32.1. The van der Waals surface area contributed by atoms with Crippen LogP contribution in [0.4, 0.5) is 10.1 Å². The number of nitrogens with zero attached hydrogens (tertiary/aromatic N) is 4. The van der Waals surface area contributed by atoms with Crippen molar-refractivity contribution in [2.45, 2.75) is 6.54 Å². The molecule has 1 saturated heterocycles. The normalized spacial score (nSPS) is 15.1. The Kier molecular flexibility index (Phi) is 6.10. The zero-order valence-corrected chi connectivity index (χ0v) is 15.0. The van der Waals surface area contributed by atoms with E-state index < -0.39 is 4.92 Å². The Hall–Kier alpha value is -1.75. The van der Waals surface area contributed by atoms with E-state index in [1.807, 2.05) is 0 Å². The van der Waals surface area contributed by atoms with Crippen molar-refractivity contribution < 1.29 is 9.72 Å². The van der Waals surface area contributed by atoms with Crippen LogP contribution in [0.3, 0.4) is 0 Å². The van der Waals surface area contributed by atoms with Gasteiger partial charge in [-0.1, -0.05) is 11.3 Å². The number of rotatable bonds is 4. The lowest BCUT2D eigenvalue weighted by Crippen LogP contribution is -2.48. The minimum atomic E-state index is -0.472. The number of amides is 1. The van der Waals surface area contributed by atoms with Crippen LogP contribution in [0, 0.1) is 10.1 Å². The van der Waals surface area contributed by atoms with Crippen molar-refractivity contribution in [2.75, 3.05) is 31.9 Å². The molecule has 24 heavy (non-hydrogen) atoms. The van der Waals surface area contributed by atoms with Gasteiger partial charge < -0.3 is 10.6 Å². The maximum atomic E-state index is 12.4. The number of hydrogen-bond acceptors (Lipinski definition) is 8. The van der Waals surface area contributed by atoms with E-state index in [4.69, 9.17) is 5.73 Å². The molecular formula is C13H16ClN5O3S2. The fourth-order valence-electron chi connectivity index (χ4n) is 2.42. The van der Waals surface area contributed by atoms with Crippen molar-refractivity contribution in [3.05, 3.63) is 38.2 Å². The molecular weight excluding hydrogens is 374 g/mol. The molecule has 2 aromatic heterocycles. The van der Waals surface area contributed by atoms with Crippen LogP contribution >= 0.6 is 35.1 Å². The summed E-state index contributed by atoms with van der Waals surface area (Å²) in [5.74, 6) is -0.134. The Morgan fingerprint density at radius 3 is 2.54 bits per heavy atom. The highest BCUT2D eigenvalue weighted by Crippen LogP contribution is 2.25. The number of hydrogen-bond donors (Lipinski definition) is 1. The molecule has 0 aromatic carbocycles. The van der Waals surface area contributed by atoms with Crippen molar-refractivity contribution in [2.24, 2.45) is 0 Å². The van der Waals surface area contributed by atoms with Crippen LogP contribution < -0.4 is 5.73 Å². The van der Waals surface area contributed by atoms with E-state index in [0.29, 0.717) is 23.1 Å². The predicted octanol–water partition coefficient (Wildman–Crippen LogP) is 2.07. The summed E-state index contributed by atoms with van der Waals surface area (Å²) in [6.07, 6.45) is 1.78. The third-order valence-corrected chi connectivity index (χ3v) is 5.43. The van der Waals surface area contributed by atoms with Gasteiger partial charge in [-0.25, -0.2) is 4.98 Å². The Morgan fingerprint density at radius 2 is 2.00 bits per heavy atom. The smallest absolute Gasteiger partial charge is 0.324 e. The number of thiazole rings is 1. The maximum Gasteiger partial charge on any atom is 0.324 e. The molecule has 1 aliphatic rings. The molecule has 11 heteroatoms. The van der Waals surface area contributed by atoms with E-state index >= 15 is 0 Å². The van der Waals surface area contributed by atoms with Crippen LogP contribution in [0.1, 0.15) is 14.5 Å². The predicted molar refractivity (Wildman–Crippen MR) is 95.9 cm³/mol. The van der Waals surface area contributed by atoms with Gasteiger partial charge in [0.05, 0.1) is 9.80 Å². The minimum absolute atomic E-state index is 0. The molecule has 0 bridgehead atoms. The number of nitro groups is 1. The fourth-order valence-corrected chi connectivity index (χ4v) is 3.94. The van der Waals surface area contributed by atoms with Crippen LogP contribution in [0.2, 0.25) is 0 Å². The number of carbonyl (C=O) groups excluding carboxylic acids is 1. The number of aromatic nitrogens is 1. The van der Waals surface area contributed by atoms with Gasteiger partial charge in [-0.15, -0.1) is 23.7 Å². The first kappa shape index (κ1) is 18.6. The molecule has 0 unspecified atom stereocenters. The largest absolute Gasteiger partial charge is 0.375 e. The van der Waals surface area contributed by atoms with Gasteiger partial charge in [-0.2, -0.15) is 0 Å². The van der Waals surface area contributed by atoms with Gasteiger partial charge in [-0.3, -0.25) is 19.8 Å². The SMILES string of the molecule is Cl.Nc1ncc(CN2CCN(C(=O)c3ccc([N+](=O)[O-])s3)CC2)s1. The van der Waals surface area contributed by atoms with Crippen molar-refractivity contribution >= 4 is 51.1 Å². The highest BCUT2D eigenvalue weighted by Gasteiger charge is 2.25. The van der Waals surface area contributed by atoms with Crippen LogP contribution in [-0.2, 0) is 6.54 Å². The molecule has 1 aliphatic heterocycles. The highest BCUT2D eigenvalue weighted by atomic mass is 35.5. The summed E-state index contributed by atoms with van der Waals surface area (Å²) in [5.41, 5.74) is 5.62. The number of piperazine rings is 1. The van der Waals surface area contributed by atoms with Gasteiger partial charge >= 0.3 is 5.00 Å². The molecule has 3 heterocycles. The van der Waals surface area contributed by atoms with Gasteiger partial charge in [-0.05, 0) is 6.07 Å². The summed E-state index contributed by atoms with van der Waals surface area (Å²) < 4.78 is 0. The molecule has 0 radical (unpaired) electrons. The van der Waals surface area contributed by atoms with Gasteiger partial charge in [0.2, 0.25) is 0 Å². The lowest BCUT2D eigenvalue weighted by atomic mass is 10.3. The lowest BCUT2D eigenvalue weighted by Gasteiger charge is -2.34. The summed E-state index contributed by atoms with van der Waals surface area (Å²) in [6.45, 7) is 3.52. The van der Waals surface area contributed by atoms with E-state index in [-0.39, 0.29) is 23.3 Å². The molecule has 0 saturated carbocycles. The first-order chi connectivity index (χ1) is 11.0. The van der Waals surface area contributed by atoms with Crippen molar-refractivity contribution in [3.63, 3.8) is 0 Å². The number of nitrogen functional groups attached to an aromatic ring is 1. The van der Waals surface area contributed by atoms with E-state index in [2.05, 4.69) is 9.88 Å². The van der Waals surface area contributed by atoms with Crippen molar-refractivity contribution in [1.29, 1.82) is 0 Å². The van der Waals surface area contributed by atoms with Crippen LogP contribution in [0.5, 0.6) is 0 Å². The molecule has 1 amide bonds. The third kappa shape index (κ3) is 4.20. The third-order valence-electron chi connectivity index (χ3n) is 3.59. The molecule has 8 nitrogen and oxygen atoms in total. The van der Waals surface area contributed by atoms with E-state index in [1.165, 1.54) is 23.5 Å². The lowest BCUT2D eigenvalue weighted by molar-refractivity contribution is -0.380. The molecule has 0 atom stereocenters. The number of thiophene rings is 1. The Balaban J connectivity index is 0.00000208. The maximum absolute atomic E-state index is 12.4. The Morgan fingerprint density at radius 1 is 1.29 bits per heavy atom. The molecule has 0 aliphatic carbocycles. The molecule has 2 aromatic rings. The molecule has 130 valence electrons. The zero-order chi connectivity index (χ0) is 16.4.